The first-order valence-electron chi connectivity index (χ1n) is 19.9. The molecule has 12 nitrogen and oxygen atoms in total. The Kier molecular flexibility index (Phi) is 26.6. The standard InChI is InChI=1S/C20H18F2N2O4Si.C10H15ClO3Si.C10H4F2N2O.C7H6Cl4Si/c1-25-29(26-2,27-3)17-6-4-14(5-7-17)13-28-20-18(21)9-15(10-19(20)22)8-16(11-23)12-24;1-12-15(13-2,14-3)10-6-4-9(8-11)5-7-10;1-14-7(5-13)2-6-3-8(11)10(15)9(12)4-6;8-5-6-1-3-7(4-2-6)12(9,10)11/h4-10H,13H2,1-3H3;4-7H,8H2,1-3H3;2-4,15H;1-4H,5H2/b;;7-2+;. The van der Waals surface area contributed by atoms with Gasteiger partial charge in [-0.25, -0.2) is 27.7 Å². The molecule has 71 heavy (non-hydrogen) atoms. The van der Waals surface area contributed by atoms with Crippen molar-refractivity contribution in [3.05, 3.63) is 171 Å². The summed E-state index contributed by atoms with van der Waals surface area (Å²) in [6, 6.07) is 27.8. The van der Waals surface area contributed by atoms with Crippen LogP contribution in [0.2, 0.25) is 0 Å². The number of phenols is 1. The summed E-state index contributed by atoms with van der Waals surface area (Å²) in [6.07, 6.45) is 2.12. The Bertz CT molecular complexity index is 2670. The monoisotopic (exact) mass is 1130 g/mol. The molecule has 24 heteroatoms. The fraction of sp³-hybridized carbons (Fsp3) is 0.191. The van der Waals surface area contributed by atoms with E-state index in [0.717, 1.165) is 63.1 Å². The Labute approximate surface area is 436 Å². The predicted molar refractivity (Wildman–Crippen MR) is 272 cm³/mol. The summed E-state index contributed by atoms with van der Waals surface area (Å²) in [5.74, 6) is -4.78. The second kappa shape index (κ2) is 30.6. The van der Waals surface area contributed by atoms with Gasteiger partial charge in [-0.15, -0.1) is 56.4 Å². The lowest BCUT2D eigenvalue weighted by atomic mass is 10.1. The van der Waals surface area contributed by atoms with Crippen molar-refractivity contribution >= 4 is 108 Å². The Morgan fingerprint density at radius 2 is 0.930 bits per heavy atom. The topological polar surface area (TPSA) is 161 Å². The van der Waals surface area contributed by atoms with Gasteiger partial charge in [0.15, 0.2) is 34.8 Å². The second-order valence-corrected chi connectivity index (χ2v) is 28.4. The first-order valence-corrected chi connectivity index (χ1v) is 29.4. The van der Waals surface area contributed by atoms with Gasteiger partial charge in [-0.3, -0.25) is 0 Å². The normalized spacial score (nSPS) is 11.1. The average molecular weight is 1130 g/mol. The van der Waals surface area contributed by atoms with Crippen LogP contribution in [0.15, 0.2) is 108 Å². The third-order valence-electron chi connectivity index (χ3n) is 9.35. The summed E-state index contributed by atoms with van der Waals surface area (Å²) in [4.78, 5) is 2.83. The quantitative estimate of drug-likeness (QED) is 0.0250. The van der Waals surface area contributed by atoms with Crippen LogP contribution in [-0.2, 0) is 44.9 Å². The minimum atomic E-state index is -2.96. The SMILES string of the molecule is CO[Si](OC)(OC)c1ccc(CCl)cc1.CO[Si](OC)(OC)c1ccc(COc2c(F)cc(C=C(C#N)C#N)cc2F)cc1.ClCc1ccc([Si](Cl)(Cl)Cl)cc1.[C-]#[N+]/C(C#N)=C/c1cc(F)c(O)c(F)c1. The largest absolute Gasteiger partial charge is 0.536 e. The van der Waals surface area contributed by atoms with Gasteiger partial charge in [-0.2, -0.15) is 10.5 Å². The molecular formula is C47H43Cl5F4N4O8Si3. The molecular weight excluding hydrogens is 1090 g/mol. The lowest BCUT2D eigenvalue weighted by Crippen LogP contribution is -2.54. The Morgan fingerprint density at radius 3 is 1.25 bits per heavy atom. The summed E-state index contributed by atoms with van der Waals surface area (Å²) in [7, 11) is 3.63. The van der Waals surface area contributed by atoms with Crippen molar-refractivity contribution in [2.24, 2.45) is 0 Å². The summed E-state index contributed by atoms with van der Waals surface area (Å²) < 4.78 is 91.6. The molecule has 0 aliphatic heterocycles. The van der Waals surface area contributed by atoms with Crippen LogP contribution in [-0.4, -0.2) is 71.4 Å². The van der Waals surface area contributed by atoms with Crippen molar-refractivity contribution < 1.29 is 54.0 Å². The molecule has 5 aromatic rings. The van der Waals surface area contributed by atoms with E-state index in [-0.39, 0.29) is 29.0 Å². The average Bonchev–Trinajstić information content (AvgIpc) is 3.38. The number of rotatable bonds is 16. The number of hydrogen-bond donors (Lipinski definition) is 1. The minimum absolute atomic E-state index is 0.00958. The molecule has 0 radical (unpaired) electrons. The van der Waals surface area contributed by atoms with E-state index < -0.39 is 58.4 Å². The molecule has 0 bridgehead atoms. The summed E-state index contributed by atoms with van der Waals surface area (Å²) in [5.41, 5.74) is 2.26. The van der Waals surface area contributed by atoms with Crippen LogP contribution in [0.5, 0.6) is 11.5 Å². The van der Waals surface area contributed by atoms with Crippen molar-refractivity contribution in [2.45, 2.75) is 18.4 Å². The number of nitriles is 3. The van der Waals surface area contributed by atoms with Crippen LogP contribution in [0.3, 0.4) is 0 Å². The van der Waals surface area contributed by atoms with E-state index in [1.165, 1.54) is 21.3 Å². The summed E-state index contributed by atoms with van der Waals surface area (Å²) in [6.45, 7) is 6.48. The van der Waals surface area contributed by atoms with E-state index in [4.69, 9.17) is 115 Å². The lowest BCUT2D eigenvalue weighted by molar-refractivity contribution is 0.140. The molecule has 0 aliphatic carbocycles. The van der Waals surface area contributed by atoms with Crippen LogP contribution in [0.25, 0.3) is 17.0 Å². The highest BCUT2D eigenvalue weighted by Crippen LogP contribution is 2.26. The number of allylic oxidation sites excluding steroid dienone is 2. The number of ether oxygens (including phenoxy) is 1. The zero-order valence-electron chi connectivity index (χ0n) is 38.5. The zero-order chi connectivity index (χ0) is 53.4. The molecule has 5 aromatic carbocycles. The van der Waals surface area contributed by atoms with Gasteiger partial charge in [0.25, 0.3) is 5.70 Å². The zero-order valence-corrected chi connectivity index (χ0v) is 45.3. The number of benzene rings is 5. The molecule has 0 heterocycles. The summed E-state index contributed by atoms with van der Waals surface area (Å²) in [5, 5.41) is 37.1. The number of alkyl halides is 2. The van der Waals surface area contributed by atoms with Gasteiger partial charge in [0, 0.05) is 64.8 Å². The highest BCUT2D eigenvalue weighted by Gasteiger charge is 2.41. The van der Waals surface area contributed by atoms with Gasteiger partial charge in [0.2, 0.25) is 0 Å². The smallest absolute Gasteiger partial charge is 0.503 e. The molecule has 5 rings (SSSR count). The Balaban J connectivity index is 0.000000349. The second-order valence-electron chi connectivity index (χ2n) is 13.7. The number of aromatic hydroxyl groups is 1. The predicted octanol–water partition coefficient (Wildman–Crippen LogP) is 10.3. The first kappa shape index (κ1) is 61.8. The van der Waals surface area contributed by atoms with E-state index in [0.29, 0.717) is 17.3 Å². The number of hydrogen-bond acceptors (Lipinski definition) is 11. The molecule has 0 saturated heterocycles. The van der Waals surface area contributed by atoms with Crippen LogP contribution < -0.4 is 20.3 Å². The van der Waals surface area contributed by atoms with Gasteiger partial charge >= 0.3 is 23.6 Å². The van der Waals surface area contributed by atoms with Crippen molar-refractivity contribution in [2.75, 3.05) is 42.7 Å². The third kappa shape index (κ3) is 18.4. The highest BCUT2D eigenvalue weighted by atomic mass is 35.8. The van der Waals surface area contributed by atoms with Gasteiger partial charge in [0.1, 0.15) is 24.3 Å². The van der Waals surface area contributed by atoms with Crippen molar-refractivity contribution in [3.63, 3.8) is 0 Å². The van der Waals surface area contributed by atoms with Crippen molar-refractivity contribution in [1.82, 2.24) is 0 Å². The molecule has 1 N–H and O–H groups in total. The van der Waals surface area contributed by atoms with E-state index in [1.54, 1.807) is 63.8 Å². The number of halogens is 9. The lowest BCUT2D eigenvalue weighted by Gasteiger charge is -2.24. The maximum Gasteiger partial charge on any atom is 0.536 e. The molecule has 0 aliphatic rings. The Hall–Kier alpha value is -5.28. The molecule has 0 atom stereocenters. The van der Waals surface area contributed by atoms with Gasteiger partial charge in [0.05, 0.1) is 12.6 Å². The molecule has 0 spiro atoms. The minimum Gasteiger partial charge on any atom is -0.503 e. The van der Waals surface area contributed by atoms with Gasteiger partial charge < -0.3 is 36.4 Å². The molecule has 0 amide bonds. The van der Waals surface area contributed by atoms with Crippen molar-refractivity contribution in [3.8, 4) is 29.7 Å². The van der Waals surface area contributed by atoms with Crippen LogP contribution in [0.4, 0.5) is 17.6 Å². The third-order valence-corrected chi connectivity index (χ3v) is 18.2. The Morgan fingerprint density at radius 1 is 0.577 bits per heavy atom. The molecule has 374 valence electrons. The van der Waals surface area contributed by atoms with Crippen LogP contribution in [0, 0.1) is 63.8 Å². The van der Waals surface area contributed by atoms with Gasteiger partial charge in [-0.1, -0.05) is 72.8 Å². The fourth-order valence-corrected chi connectivity index (χ4v) is 11.3. The maximum absolute atomic E-state index is 14.2. The molecule has 0 aromatic heterocycles. The fourth-order valence-electron chi connectivity index (χ4n) is 5.72. The molecule has 0 saturated carbocycles. The van der Waals surface area contributed by atoms with E-state index in [1.807, 2.05) is 48.5 Å². The van der Waals surface area contributed by atoms with Crippen LogP contribution in [0.1, 0.15) is 27.8 Å². The van der Waals surface area contributed by atoms with E-state index in [9.17, 15) is 17.6 Å². The molecule has 0 unspecified atom stereocenters. The van der Waals surface area contributed by atoms with Crippen LogP contribution >= 0.6 is 56.4 Å². The van der Waals surface area contributed by atoms with Gasteiger partial charge in [-0.05, 0) is 69.4 Å². The van der Waals surface area contributed by atoms with Crippen molar-refractivity contribution in [1.29, 1.82) is 15.8 Å². The highest BCUT2D eigenvalue weighted by molar-refractivity contribution is 7.69. The molecule has 0 fully saturated rings. The number of nitrogens with zero attached hydrogens (tertiary/aromatic N) is 4. The van der Waals surface area contributed by atoms with E-state index >= 15 is 0 Å². The first-order chi connectivity index (χ1) is 33.8. The number of phenolic OH excluding ortho intramolecular Hbond substituents is 1. The van der Waals surface area contributed by atoms with E-state index in [2.05, 4.69) is 4.85 Å². The maximum atomic E-state index is 14.2. The summed E-state index contributed by atoms with van der Waals surface area (Å²) >= 11 is 28.7.